The summed E-state index contributed by atoms with van der Waals surface area (Å²) in [6, 6.07) is 3.61. The molecule has 0 aliphatic heterocycles. The number of halogens is 1. The summed E-state index contributed by atoms with van der Waals surface area (Å²) in [5.41, 5.74) is 1.53. The summed E-state index contributed by atoms with van der Waals surface area (Å²) in [5, 5.41) is 11.3. The smallest absolute Gasteiger partial charge is 0.144 e. The molecular formula is C12H11ClN2OS. The number of thiazole rings is 1. The summed E-state index contributed by atoms with van der Waals surface area (Å²) in [4.78, 5) is 9.90. The summed E-state index contributed by atoms with van der Waals surface area (Å²) in [5.74, 6) is 0. The molecule has 3 nitrogen and oxygen atoms in total. The molecule has 0 amide bonds. The van der Waals surface area contributed by atoms with Gasteiger partial charge in [0.2, 0.25) is 0 Å². The Morgan fingerprint density at radius 3 is 3.12 bits per heavy atom. The standard InChI is InChI=1S/C12H11ClN2OS/c13-7-3-2-6-14-10(7)12-15-11-8(16)4-1-5-9(11)17-12/h2-3,6,8,16H,1,4-5H2. The van der Waals surface area contributed by atoms with Crippen LogP contribution in [0.1, 0.15) is 29.5 Å². The average Bonchev–Trinajstić information content (AvgIpc) is 2.75. The van der Waals surface area contributed by atoms with Crippen molar-refractivity contribution in [1.29, 1.82) is 0 Å². The zero-order valence-corrected chi connectivity index (χ0v) is 10.6. The lowest BCUT2D eigenvalue weighted by Crippen LogP contribution is -2.07. The topological polar surface area (TPSA) is 46.0 Å². The highest BCUT2D eigenvalue weighted by molar-refractivity contribution is 7.15. The van der Waals surface area contributed by atoms with Crippen molar-refractivity contribution in [3.8, 4) is 10.7 Å². The van der Waals surface area contributed by atoms with Crippen molar-refractivity contribution in [2.75, 3.05) is 0 Å². The molecule has 88 valence electrons. The summed E-state index contributed by atoms with van der Waals surface area (Å²) in [6.45, 7) is 0. The van der Waals surface area contributed by atoms with Crippen molar-refractivity contribution in [2.24, 2.45) is 0 Å². The molecule has 2 heterocycles. The maximum atomic E-state index is 9.88. The van der Waals surface area contributed by atoms with Gasteiger partial charge in [-0.05, 0) is 31.4 Å². The van der Waals surface area contributed by atoms with E-state index in [0.29, 0.717) is 10.7 Å². The molecular weight excluding hydrogens is 256 g/mol. The second-order valence-electron chi connectivity index (χ2n) is 4.07. The van der Waals surface area contributed by atoms with Crippen molar-refractivity contribution in [1.82, 2.24) is 9.97 Å². The van der Waals surface area contributed by atoms with Crippen molar-refractivity contribution >= 4 is 22.9 Å². The van der Waals surface area contributed by atoms with E-state index in [4.69, 9.17) is 11.6 Å². The van der Waals surface area contributed by atoms with Gasteiger partial charge in [-0.1, -0.05) is 11.6 Å². The largest absolute Gasteiger partial charge is 0.387 e. The predicted molar refractivity (Wildman–Crippen MR) is 68.3 cm³/mol. The lowest BCUT2D eigenvalue weighted by molar-refractivity contribution is 0.153. The van der Waals surface area contributed by atoms with Gasteiger partial charge in [0.05, 0.1) is 16.8 Å². The first kappa shape index (κ1) is 11.1. The van der Waals surface area contributed by atoms with Crippen LogP contribution >= 0.6 is 22.9 Å². The number of aryl methyl sites for hydroxylation is 1. The zero-order chi connectivity index (χ0) is 11.8. The minimum atomic E-state index is -0.425. The number of aromatic nitrogens is 2. The van der Waals surface area contributed by atoms with Crippen LogP contribution in [-0.2, 0) is 6.42 Å². The highest BCUT2D eigenvalue weighted by atomic mass is 35.5. The van der Waals surface area contributed by atoms with Gasteiger partial charge in [0.15, 0.2) is 0 Å². The number of nitrogens with zero attached hydrogens (tertiary/aromatic N) is 2. The average molecular weight is 267 g/mol. The Kier molecular flexibility index (Phi) is 2.86. The summed E-state index contributed by atoms with van der Waals surface area (Å²) in [6.07, 6.45) is 4.09. The predicted octanol–water partition coefficient (Wildman–Crippen LogP) is 3.23. The molecule has 5 heteroatoms. The van der Waals surface area contributed by atoms with Crippen LogP contribution in [0.5, 0.6) is 0 Å². The Balaban J connectivity index is 2.08. The first-order valence-corrected chi connectivity index (χ1v) is 6.73. The number of hydrogen-bond donors (Lipinski definition) is 1. The summed E-state index contributed by atoms with van der Waals surface area (Å²) in [7, 11) is 0. The quantitative estimate of drug-likeness (QED) is 0.862. The summed E-state index contributed by atoms with van der Waals surface area (Å²) < 4.78 is 0. The monoisotopic (exact) mass is 266 g/mol. The van der Waals surface area contributed by atoms with Crippen LogP contribution in [0.15, 0.2) is 18.3 Å². The van der Waals surface area contributed by atoms with Gasteiger partial charge in [-0.25, -0.2) is 4.98 Å². The van der Waals surface area contributed by atoms with E-state index in [2.05, 4.69) is 9.97 Å². The van der Waals surface area contributed by atoms with Gasteiger partial charge < -0.3 is 5.11 Å². The molecule has 0 saturated heterocycles. The molecule has 0 spiro atoms. The molecule has 2 aromatic rings. The number of rotatable bonds is 1. The minimum absolute atomic E-state index is 0.425. The van der Waals surface area contributed by atoms with Gasteiger partial charge in [0, 0.05) is 11.1 Å². The second kappa shape index (κ2) is 4.37. The molecule has 0 fully saturated rings. The lowest BCUT2D eigenvalue weighted by Gasteiger charge is -2.14. The highest BCUT2D eigenvalue weighted by Crippen LogP contribution is 2.37. The summed E-state index contributed by atoms with van der Waals surface area (Å²) >= 11 is 7.69. The van der Waals surface area contributed by atoms with Gasteiger partial charge in [-0.3, -0.25) is 4.98 Å². The van der Waals surface area contributed by atoms with Crippen molar-refractivity contribution in [2.45, 2.75) is 25.4 Å². The van der Waals surface area contributed by atoms with E-state index in [-0.39, 0.29) is 0 Å². The van der Waals surface area contributed by atoms with Gasteiger partial charge in [0.1, 0.15) is 10.7 Å². The zero-order valence-electron chi connectivity index (χ0n) is 9.06. The van der Waals surface area contributed by atoms with Gasteiger partial charge in [0.25, 0.3) is 0 Å². The maximum Gasteiger partial charge on any atom is 0.144 e. The molecule has 1 aliphatic rings. The van der Waals surface area contributed by atoms with Crippen LogP contribution in [-0.4, -0.2) is 15.1 Å². The number of hydrogen-bond acceptors (Lipinski definition) is 4. The normalized spacial score (nSPS) is 19.1. The molecule has 2 aromatic heterocycles. The fourth-order valence-corrected chi connectivity index (χ4v) is 3.48. The molecule has 1 N–H and O–H groups in total. The van der Waals surface area contributed by atoms with Crippen LogP contribution < -0.4 is 0 Å². The number of aliphatic hydroxyl groups is 1. The SMILES string of the molecule is OC1CCCc2sc(-c3ncccc3Cl)nc21. The van der Waals surface area contributed by atoms with Crippen LogP contribution in [0, 0.1) is 0 Å². The molecule has 0 radical (unpaired) electrons. The molecule has 3 rings (SSSR count). The number of pyridine rings is 1. The Bertz CT molecular complexity index is 555. The van der Waals surface area contributed by atoms with Crippen molar-refractivity contribution in [3.63, 3.8) is 0 Å². The lowest BCUT2D eigenvalue weighted by atomic mass is 10.0. The van der Waals surface area contributed by atoms with Crippen molar-refractivity contribution < 1.29 is 5.11 Å². The minimum Gasteiger partial charge on any atom is -0.387 e. The van der Waals surface area contributed by atoms with E-state index in [0.717, 1.165) is 30.0 Å². The Morgan fingerprint density at radius 2 is 2.35 bits per heavy atom. The Labute approximate surface area is 108 Å². The first-order chi connectivity index (χ1) is 8.25. The molecule has 1 atom stereocenters. The third kappa shape index (κ3) is 1.97. The number of aliphatic hydroxyl groups excluding tert-OH is 1. The Hall–Kier alpha value is -0.970. The van der Waals surface area contributed by atoms with Crippen LogP contribution in [0.3, 0.4) is 0 Å². The first-order valence-electron chi connectivity index (χ1n) is 5.54. The third-order valence-corrected chi connectivity index (χ3v) is 4.33. The van der Waals surface area contributed by atoms with E-state index in [1.54, 1.807) is 29.7 Å². The fraction of sp³-hybridized carbons (Fsp3) is 0.333. The van der Waals surface area contributed by atoms with Crippen LogP contribution in [0.2, 0.25) is 5.02 Å². The highest BCUT2D eigenvalue weighted by Gasteiger charge is 2.24. The number of fused-ring (bicyclic) bond motifs is 1. The molecule has 17 heavy (non-hydrogen) atoms. The second-order valence-corrected chi connectivity index (χ2v) is 5.56. The maximum absolute atomic E-state index is 9.88. The third-order valence-electron chi connectivity index (χ3n) is 2.89. The fourth-order valence-electron chi connectivity index (χ4n) is 2.04. The Morgan fingerprint density at radius 1 is 1.47 bits per heavy atom. The van der Waals surface area contributed by atoms with Gasteiger partial charge in [-0.2, -0.15) is 0 Å². The van der Waals surface area contributed by atoms with E-state index < -0.39 is 6.10 Å². The van der Waals surface area contributed by atoms with Crippen LogP contribution in [0.4, 0.5) is 0 Å². The van der Waals surface area contributed by atoms with E-state index in [9.17, 15) is 5.11 Å². The van der Waals surface area contributed by atoms with E-state index >= 15 is 0 Å². The molecule has 0 aromatic carbocycles. The van der Waals surface area contributed by atoms with E-state index in [1.807, 2.05) is 0 Å². The van der Waals surface area contributed by atoms with Gasteiger partial charge >= 0.3 is 0 Å². The molecule has 0 saturated carbocycles. The molecule has 0 bridgehead atoms. The van der Waals surface area contributed by atoms with E-state index in [1.165, 1.54) is 4.88 Å². The van der Waals surface area contributed by atoms with Crippen LogP contribution in [0.25, 0.3) is 10.7 Å². The van der Waals surface area contributed by atoms with Crippen molar-refractivity contribution in [3.05, 3.63) is 33.9 Å². The molecule has 1 aliphatic carbocycles. The van der Waals surface area contributed by atoms with Gasteiger partial charge in [-0.15, -0.1) is 11.3 Å². The molecule has 1 unspecified atom stereocenters.